The summed E-state index contributed by atoms with van der Waals surface area (Å²) in [6, 6.07) is 23.9. The molecule has 0 saturated carbocycles. The molecule has 138 valence electrons. The van der Waals surface area contributed by atoms with E-state index in [1.165, 1.54) is 0 Å². The molecule has 0 aliphatic rings. The topological polar surface area (TPSA) is 70.1 Å². The van der Waals surface area contributed by atoms with Crippen molar-refractivity contribution in [3.63, 3.8) is 0 Å². The zero-order valence-corrected chi connectivity index (χ0v) is 16.0. The molecule has 4 rings (SSSR count). The van der Waals surface area contributed by atoms with Crippen LogP contribution < -0.4 is 5.43 Å². The predicted octanol–water partition coefficient (Wildman–Crippen LogP) is 4.96. The van der Waals surface area contributed by atoms with Crippen LogP contribution in [0.25, 0.3) is 21.7 Å². The van der Waals surface area contributed by atoms with Gasteiger partial charge < -0.3 is 0 Å². The number of carbonyl (C=O) groups excluding carboxylic acids is 1. The SMILES string of the molecule is CC(=NNC(=O)c1cc(-c2cccs2)[nH]n1)c1ccc(-c2ccccc2)cc1. The predicted molar refractivity (Wildman–Crippen MR) is 113 cm³/mol. The molecule has 0 aliphatic heterocycles. The molecule has 0 bridgehead atoms. The highest BCUT2D eigenvalue weighted by Crippen LogP contribution is 2.23. The summed E-state index contributed by atoms with van der Waals surface area (Å²) in [5.74, 6) is -0.348. The Bertz CT molecular complexity index is 1100. The van der Waals surface area contributed by atoms with Gasteiger partial charge in [0, 0.05) is 0 Å². The van der Waals surface area contributed by atoms with E-state index in [9.17, 15) is 4.79 Å². The number of aromatic nitrogens is 2. The van der Waals surface area contributed by atoms with Crippen LogP contribution in [0.15, 0.2) is 83.3 Å². The number of thiophene rings is 1. The average molecular weight is 386 g/mol. The molecule has 0 atom stereocenters. The molecular formula is C22H18N4OS. The second-order valence-corrected chi connectivity index (χ2v) is 7.17. The van der Waals surface area contributed by atoms with Gasteiger partial charge in [-0.2, -0.15) is 10.2 Å². The lowest BCUT2D eigenvalue weighted by molar-refractivity contribution is 0.0950. The first-order chi connectivity index (χ1) is 13.7. The van der Waals surface area contributed by atoms with Crippen molar-refractivity contribution in [2.75, 3.05) is 0 Å². The summed E-state index contributed by atoms with van der Waals surface area (Å²) in [5.41, 5.74) is 7.67. The maximum Gasteiger partial charge on any atom is 0.291 e. The maximum absolute atomic E-state index is 12.3. The van der Waals surface area contributed by atoms with E-state index in [4.69, 9.17) is 0 Å². The van der Waals surface area contributed by atoms with Gasteiger partial charge in [-0.1, -0.05) is 60.7 Å². The Labute approximate surface area is 166 Å². The molecule has 0 aliphatic carbocycles. The first kappa shape index (κ1) is 17.9. The van der Waals surface area contributed by atoms with E-state index < -0.39 is 0 Å². The monoisotopic (exact) mass is 386 g/mol. The molecule has 0 unspecified atom stereocenters. The molecule has 28 heavy (non-hydrogen) atoms. The molecule has 6 heteroatoms. The minimum Gasteiger partial charge on any atom is -0.276 e. The summed E-state index contributed by atoms with van der Waals surface area (Å²) in [6.45, 7) is 1.86. The van der Waals surface area contributed by atoms with E-state index in [1.54, 1.807) is 17.4 Å². The Hall–Kier alpha value is -3.51. The third-order valence-corrected chi connectivity index (χ3v) is 5.24. The van der Waals surface area contributed by atoms with Gasteiger partial charge in [0.05, 0.1) is 16.3 Å². The van der Waals surface area contributed by atoms with Crippen LogP contribution in [0, 0.1) is 0 Å². The van der Waals surface area contributed by atoms with Crippen molar-refractivity contribution in [1.82, 2.24) is 15.6 Å². The number of hydrogen-bond acceptors (Lipinski definition) is 4. The van der Waals surface area contributed by atoms with E-state index in [2.05, 4.69) is 32.9 Å². The molecule has 4 aromatic rings. The molecule has 2 heterocycles. The summed E-state index contributed by atoms with van der Waals surface area (Å²) >= 11 is 1.59. The smallest absolute Gasteiger partial charge is 0.276 e. The van der Waals surface area contributed by atoms with Crippen molar-refractivity contribution in [3.8, 4) is 21.7 Å². The molecule has 2 aromatic carbocycles. The van der Waals surface area contributed by atoms with Crippen LogP contribution in [0.4, 0.5) is 0 Å². The van der Waals surface area contributed by atoms with Gasteiger partial charge in [-0.3, -0.25) is 9.89 Å². The minimum atomic E-state index is -0.348. The second-order valence-electron chi connectivity index (χ2n) is 6.23. The van der Waals surface area contributed by atoms with Crippen LogP contribution in [0.1, 0.15) is 23.0 Å². The Morgan fingerprint density at radius 1 is 1.00 bits per heavy atom. The molecule has 0 saturated heterocycles. The Morgan fingerprint density at radius 3 is 2.46 bits per heavy atom. The first-order valence-electron chi connectivity index (χ1n) is 8.80. The van der Waals surface area contributed by atoms with Crippen molar-refractivity contribution < 1.29 is 4.79 Å². The number of nitrogens with zero attached hydrogens (tertiary/aromatic N) is 2. The van der Waals surface area contributed by atoms with Gasteiger partial charge in [-0.15, -0.1) is 11.3 Å². The molecule has 2 N–H and O–H groups in total. The Kier molecular flexibility index (Phi) is 5.12. The zero-order valence-electron chi connectivity index (χ0n) is 15.2. The average Bonchev–Trinajstić information content (AvgIpc) is 3.44. The van der Waals surface area contributed by atoms with Crippen LogP contribution >= 0.6 is 11.3 Å². The van der Waals surface area contributed by atoms with Crippen molar-refractivity contribution in [3.05, 3.63) is 89.4 Å². The summed E-state index contributed by atoms with van der Waals surface area (Å²) in [7, 11) is 0. The van der Waals surface area contributed by atoms with Crippen LogP contribution in [-0.4, -0.2) is 21.8 Å². The fourth-order valence-electron chi connectivity index (χ4n) is 2.79. The van der Waals surface area contributed by atoms with Crippen molar-refractivity contribution >= 4 is 23.0 Å². The van der Waals surface area contributed by atoms with Gasteiger partial charge in [0.15, 0.2) is 5.69 Å². The molecule has 2 aromatic heterocycles. The molecule has 1 amide bonds. The summed E-state index contributed by atoms with van der Waals surface area (Å²) < 4.78 is 0. The number of hydrogen-bond donors (Lipinski definition) is 2. The fourth-order valence-corrected chi connectivity index (χ4v) is 3.48. The van der Waals surface area contributed by atoms with E-state index in [-0.39, 0.29) is 5.91 Å². The van der Waals surface area contributed by atoms with E-state index in [0.29, 0.717) is 5.69 Å². The quantitative estimate of drug-likeness (QED) is 0.376. The number of aromatic amines is 1. The summed E-state index contributed by atoms with van der Waals surface area (Å²) in [5, 5.41) is 13.1. The Morgan fingerprint density at radius 2 is 1.75 bits per heavy atom. The standard InChI is InChI=1S/C22H18N4OS/c1-15(16-9-11-18(12-10-16)17-6-3-2-4-7-17)23-26-22(27)20-14-19(24-25-20)21-8-5-13-28-21/h2-14H,1H3,(H,24,25)(H,26,27). The molecule has 0 fully saturated rings. The number of nitrogens with one attached hydrogen (secondary N) is 2. The van der Waals surface area contributed by atoms with Gasteiger partial charge in [0.25, 0.3) is 5.91 Å². The third kappa shape index (κ3) is 3.92. The van der Waals surface area contributed by atoms with Crippen LogP contribution in [0.5, 0.6) is 0 Å². The van der Waals surface area contributed by atoms with Crippen LogP contribution in [-0.2, 0) is 0 Å². The largest absolute Gasteiger partial charge is 0.291 e. The third-order valence-electron chi connectivity index (χ3n) is 4.33. The van der Waals surface area contributed by atoms with Crippen LogP contribution in [0.2, 0.25) is 0 Å². The summed E-state index contributed by atoms with van der Waals surface area (Å²) in [6.07, 6.45) is 0. The van der Waals surface area contributed by atoms with Gasteiger partial charge in [-0.05, 0) is 41.1 Å². The van der Waals surface area contributed by atoms with E-state index in [1.807, 2.05) is 66.9 Å². The van der Waals surface area contributed by atoms with E-state index >= 15 is 0 Å². The number of benzene rings is 2. The lowest BCUT2D eigenvalue weighted by atomic mass is 10.0. The number of H-pyrrole nitrogens is 1. The highest BCUT2D eigenvalue weighted by atomic mass is 32.1. The molecule has 0 spiro atoms. The van der Waals surface area contributed by atoms with Gasteiger partial charge in [0.1, 0.15) is 0 Å². The van der Waals surface area contributed by atoms with E-state index in [0.717, 1.165) is 33.0 Å². The highest BCUT2D eigenvalue weighted by Gasteiger charge is 2.11. The second kappa shape index (κ2) is 8.02. The normalized spacial score (nSPS) is 11.4. The van der Waals surface area contributed by atoms with Gasteiger partial charge >= 0.3 is 0 Å². The molecule has 5 nitrogen and oxygen atoms in total. The van der Waals surface area contributed by atoms with Crippen LogP contribution in [0.3, 0.4) is 0 Å². The molecule has 0 radical (unpaired) electrons. The lowest BCUT2D eigenvalue weighted by Gasteiger charge is -2.05. The van der Waals surface area contributed by atoms with Crippen molar-refractivity contribution in [2.45, 2.75) is 6.92 Å². The van der Waals surface area contributed by atoms with Gasteiger partial charge in [0.2, 0.25) is 0 Å². The summed E-state index contributed by atoms with van der Waals surface area (Å²) in [4.78, 5) is 13.3. The number of hydrazone groups is 1. The minimum absolute atomic E-state index is 0.305. The highest BCUT2D eigenvalue weighted by molar-refractivity contribution is 7.13. The number of carbonyl (C=O) groups is 1. The van der Waals surface area contributed by atoms with Gasteiger partial charge in [-0.25, -0.2) is 5.43 Å². The first-order valence-corrected chi connectivity index (χ1v) is 9.68. The fraction of sp³-hybridized carbons (Fsp3) is 0.0455. The Balaban J connectivity index is 1.43. The van der Waals surface area contributed by atoms with Crippen molar-refractivity contribution in [2.24, 2.45) is 5.10 Å². The zero-order chi connectivity index (χ0) is 19.3. The van der Waals surface area contributed by atoms with Crippen molar-refractivity contribution in [1.29, 1.82) is 0 Å². The maximum atomic E-state index is 12.3. The molecular weight excluding hydrogens is 368 g/mol. The lowest BCUT2D eigenvalue weighted by Crippen LogP contribution is -2.19. The number of rotatable bonds is 5. The number of amides is 1.